The third-order valence-corrected chi connectivity index (χ3v) is 3.14. The van der Waals surface area contributed by atoms with Crippen molar-refractivity contribution in [1.82, 2.24) is 0 Å². The van der Waals surface area contributed by atoms with Crippen molar-refractivity contribution in [2.45, 2.75) is 44.9 Å². The molecular weight excluding hydrogens is 194 g/mol. The van der Waals surface area contributed by atoms with Gasteiger partial charge in [-0.05, 0) is 44.1 Å². The van der Waals surface area contributed by atoms with Crippen LogP contribution in [0.15, 0.2) is 38.0 Å². The molecule has 2 N–H and O–H groups in total. The molecule has 0 aromatic heterocycles. The molecule has 0 rings (SSSR count). The number of unbranched alkanes of at least 4 members (excludes halogenated alkanes) is 2. The smallest absolute Gasteiger partial charge is 0.00773 e. The lowest BCUT2D eigenvalue weighted by atomic mass is 9.74. The summed E-state index contributed by atoms with van der Waals surface area (Å²) < 4.78 is 0. The van der Waals surface area contributed by atoms with Gasteiger partial charge in [-0.15, -0.1) is 19.7 Å². The summed E-state index contributed by atoms with van der Waals surface area (Å²) in [6.45, 7) is 12.4. The summed E-state index contributed by atoms with van der Waals surface area (Å²) >= 11 is 0. The van der Waals surface area contributed by atoms with Crippen molar-refractivity contribution in [3.8, 4) is 0 Å². The lowest BCUT2D eigenvalue weighted by Gasteiger charge is -2.31. The Morgan fingerprint density at radius 1 is 0.812 bits per heavy atom. The van der Waals surface area contributed by atoms with Crippen LogP contribution in [0.5, 0.6) is 0 Å². The topological polar surface area (TPSA) is 26.0 Å². The standard InChI is InChI=1S/C15H27N/c1-4-10-15(11-5-2,12-6-3)13-8-7-9-14-16/h4-6H,1-3,7-14,16H2. The molecule has 0 aromatic carbocycles. The Kier molecular flexibility index (Phi) is 8.93. The highest BCUT2D eigenvalue weighted by Crippen LogP contribution is 2.37. The minimum atomic E-state index is 0.305. The third kappa shape index (κ3) is 5.92. The van der Waals surface area contributed by atoms with Gasteiger partial charge < -0.3 is 5.73 Å². The Bertz CT molecular complexity index is 179. The van der Waals surface area contributed by atoms with Gasteiger partial charge in [0.05, 0.1) is 0 Å². The van der Waals surface area contributed by atoms with Crippen LogP contribution in [0, 0.1) is 5.41 Å². The summed E-state index contributed by atoms with van der Waals surface area (Å²) in [5.41, 5.74) is 5.81. The van der Waals surface area contributed by atoms with E-state index in [1.165, 1.54) is 19.3 Å². The predicted molar refractivity (Wildman–Crippen MR) is 74.4 cm³/mol. The second-order valence-electron chi connectivity index (χ2n) is 4.58. The van der Waals surface area contributed by atoms with Gasteiger partial charge in [0.2, 0.25) is 0 Å². The van der Waals surface area contributed by atoms with Crippen LogP contribution in [0.3, 0.4) is 0 Å². The lowest BCUT2D eigenvalue weighted by Crippen LogP contribution is -2.18. The van der Waals surface area contributed by atoms with Gasteiger partial charge >= 0.3 is 0 Å². The van der Waals surface area contributed by atoms with Crippen LogP contribution in [-0.2, 0) is 0 Å². The van der Waals surface area contributed by atoms with E-state index in [9.17, 15) is 0 Å². The summed E-state index contributed by atoms with van der Waals surface area (Å²) in [5.74, 6) is 0. The SMILES string of the molecule is C=CCC(CC=C)(CC=C)CCCCCN. The molecule has 1 nitrogen and oxygen atoms in total. The highest BCUT2D eigenvalue weighted by molar-refractivity contribution is 4.95. The van der Waals surface area contributed by atoms with E-state index >= 15 is 0 Å². The number of allylic oxidation sites excluding steroid dienone is 3. The molecule has 0 saturated carbocycles. The Balaban J connectivity index is 4.28. The van der Waals surface area contributed by atoms with Crippen LogP contribution in [0.4, 0.5) is 0 Å². The first-order chi connectivity index (χ1) is 7.74. The first-order valence-corrected chi connectivity index (χ1v) is 6.27. The zero-order valence-electron chi connectivity index (χ0n) is 10.6. The predicted octanol–water partition coefficient (Wildman–Crippen LogP) is 4.22. The average molecular weight is 221 g/mol. The normalized spacial score (nSPS) is 11.1. The second-order valence-corrected chi connectivity index (χ2v) is 4.58. The van der Waals surface area contributed by atoms with Gasteiger partial charge in [-0.1, -0.05) is 31.1 Å². The van der Waals surface area contributed by atoms with Gasteiger partial charge in [0.15, 0.2) is 0 Å². The van der Waals surface area contributed by atoms with E-state index in [0.717, 1.165) is 32.2 Å². The number of nitrogens with two attached hydrogens (primary N) is 1. The fourth-order valence-corrected chi connectivity index (χ4v) is 2.30. The number of hydrogen-bond acceptors (Lipinski definition) is 1. The summed E-state index contributed by atoms with van der Waals surface area (Å²) in [6, 6.07) is 0. The number of rotatable bonds is 11. The largest absolute Gasteiger partial charge is 0.330 e. The van der Waals surface area contributed by atoms with Gasteiger partial charge in [0.1, 0.15) is 0 Å². The van der Waals surface area contributed by atoms with E-state index < -0.39 is 0 Å². The molecule has 92 valence electrons. The summed E-state index contributed by atoms with van der Waals surface area (Å²) in [4.78, 5) is 0. The molecule has 0 aromatic rings. The summed E-state index contributed by atoms with van der Waals surface area (Å²) in [7, 11) is 0. The minimum absolute atomic E-state index is 0.305. The number of hydrogen-bond donors (Lipinski definition) is 1. The molecule has 16 heavy (non-hydrogen) atoms. The van der Waals surface area contributed by atoms with Crippen molar-refractivity contribution < 1.29 is 0 Å². The average Bonchev–Trinajstić information content (AvgIpc) is 2.26. The van der Waals surface area contributed by atoms with Crippen LogP contribution in [0.1, 0.15) is 44.9 Å². The van der Waals surface area contributed by atoms with Crippen LogP contribution < -0.4 is 5.73 Å². The Morgan fingerprint density at radius 3 is 1.69 bits per heavy atom. The molecule has 0 unspecified atom stereocenters. The summed E-state index contributed by atoms with van der Waals surface area (Å²) in [6.07, 6.45) is 14.0. The molecule has 0 spiro atoms. The highest BCUT2D eigenvalue weighted by atomic mass is 14.5. The van der Waals surface area contributed by atoms with Gasteiger partial charge in [-0.25, -0.2) is 0 Å². The molecule has 0 heterocycles. The quantitative estimate of drug-likeness (QED) is 0.410. The molecule has 0 bridgehead atoms. The van der Waals surface area contributed by atoms with Crippen molar-refractivity contribution >= 4 is 0 Å². The van der Waals surface area contributed by atoms with E-state index in [0.29, 0.717) is 5.41 Å². The highest BCUT2D eigenvalue weighted by Gasteiger charge is 2.25. The first kappa shape index (κ1) is 15.2. The summed E-state index contributed by atoms with van der Waals surface area (Å²) in [5, 5.41) is 0. The zero-order chi connectivity index (χ0) is 12.3. The van der Waals surface area contributed by atoms with Gasteiger partial charge in [0.25, 0.3) is 0 Å². The van der Waals surface area contributed by atoms with Gasteiger partial charge in [-0.2, -0.15) is 0 Å². The van der Waals surface area contributed by atoms with E-state index in [4.69, 9.17) is 5.73 Å². The molecule has 0 aliphatic rings. The zero-order valence-corrected chi connectivity index (χ0v) is 10.6. The maximum Gasteiger partial charge on any atom is -0.00773 e. The van der Waals surface area contributed by atoms with Crippen molar-refractivity contribution in [2.75, 3.05) is 6.54 Å². The van der Waals surface area contributed by atoms with Crippen molar-refractivity contribution in [1.29, 1.82) is 0 Å². The molecule has 0 saturated heterocycles. The fraction of sp³-hybridized carbons (Fsp3) is 0.600. The minimum Gasteiger partial charge on any atom is -0.330 e. The fourth-order valence-electron chi connectivity index (χ4n) is 2.30. The Morgan fingerprint density at radius 2 is 1.31 bits per heavy atom. The van der Waals surface area contributed by atoms with E-state index in [-0.39, 0.29) is 0 Å². The monoisotopic (exact) mass is 221 g/mol. The van der Waals surface area contributed by atoms with E-state index in [1.54, 1.807) is 0 Å². The molecule has 0 radical (unpaired) electrons. The van der Waals surface area contributed by atoms with Crippen molar-refractivity contribution in [3.63, 3.8) is 0 Å². The molecule has 0 amide bonds. The van der Waals surface area contributed by atoms with E-state index in [2.05, 4.69) is 19.7 Å². The molecule has 0 aliphatic heterocycles. The molecular formula is C15H27N. The molecule has 0 atom stereocenters. The first-order valence-electron chi connectivity index (χ1n) is 6.27. The van der Waals surface area contributed by atoms with Gasteiger partial charge in [-0.3, -0.25) is 0 Å². The maximum absolute atomic E-state index is 5.51. The Labute approximate surface area is 101 Å². The maximum atomic E-state index is 5.51. The lowest BCUT2D eigenvalue weighted by molar-refractivity contribution is 0.261. The van der Waals surface area contributed by atoms with Crippen LogP contribution in [0.25, 0.3) is 0 Å². The van der Waals surface area contributed by atoms with Gasteiger partial charge in [0, 0.05) is 0 Å². The van der Waals surface area contributed by atoms with Crippen LogP contribution in [-0.4, -0.2) is 6.54 Å². The molecule has 1 heteroatoms. The van der Waals surface area contributed by atoms with Crippen molar-refractivity contribution in [2.24, 2.45) is 11.1 Å². The third-order valence-electron chi connectivity index (χ3n) is 3.14. The van der Waals surface area contributed by atoms with Crippen molar-refractivity contribution in [3.05, 3.63) is 38.0 Å². The molecule has 0 fully saturated rings. The second kappa shape index (κ2) is 9.41. The van der Waals surface area contributed by atoms with Crippen LogP contribution >= 0.6 is 0 Å². The Hall–Kier alpha value is -0.820. The van der Waals surface area contributed by atoms with E-state index in [1.807, 2.05) is 18.2 Å². The van der Waals surface area contributed by atoms with Crippen LogP contribution in [0.2, 0.25) is 0 Å². The molecule has 0 aliphatic carbocycles.